The molecule has 0 saturated heterocycles. The van der Waals surface area contributed by atoms with Crippen molar-refractivity contribution >= 4 is 23.1 Å². The molecule has 0 aliphatic heterocycles. The molecular weight excluding hydrogens is 238 g/mol. The van der Waals surface area contributed by atoms with E-state index in [0.717, 1.165) is 17.1 Å². The third kappa shape index (κ3) is 3.13. The summed E-state index contributed by atoms with van der Waals surface area (Å²) in [4.78, 5) is 10.6. The van der Waals surface area contributed by atoms with Gasteiger partial charge < -0.3 is 15.5 Å². The van der Waals surface area contributed by atoms with Crippen LogP contribution in [0, 0.1) is 6.92 Å². The van der Waals surface area contributed by atoms with Crippen molar-refractivity contribution in [2.75, 3.05) is 36.7 Å². The summed E-state index contributed by atoms with van der Waals surface area (Å²) in [6.45, 7) is 1.98. The van der Waals surface area contributed by atoms with E-state index in [1.165, 1.54) is 5.69 Å². The Kier molecular flexibility index (Phi) is 3.85. The largest absolute Gasteiger partial charge is 0.378 e. The van der Waals surface area contributed by atoms with E-state index >= 15 is 0 Å². The smallest absolute Gasteiger partial charge is 0.224 e. The lowest BCUT2D eigenvalue weighted by molar-refractivity contribution is 1.12. The Balaban J connectivity index is 2.20. The molecule has 0 fully saturated rings. The average Bonchev–Trinajstić information content (AvgIpc) is 2.42. The lowest BCUT2D eigenvalue weighted by Gasteiger charge is -2.14. The number of hydrogen-bond donors (Lipinski definition) is 2. The molecule has 1 aromatic carbocycles. The number of rotatable bonds is 4. The molecule has 5 heteroatoms. The standard InChI is InChI=1S/C14H19N5/c1-10-9-16-14(15-2)18-13(10)17-11-5-7-12(8-6-11)19(3)4/h5-9H,1-4H3,(H2,15,16,17,18). The van der Waals surface area contributed by atoms with E-state index in [-0.39, 0.29) is 0 Å². The zero-order valence-electron chi connectivity index (χ0n) is 11.7. The Morgan fingerprint density at radius 3 is 2.37 bits per heavy atom. The van der Waals surface area contributed by atoms with Gasteiger partial charge in [0.1, 0.15) is 5.82 Å². The predicted molar refractivity (Wildman–Crippen MR) is 80.4 cm³/mol. The summed E-state index contributed by atoms with van der Waals surface area (Å²) in [6.07, 6.45) is 1.80. The van der Waals surface area contributed by atoms with E-state index in [2.05, 4.69) is 37.6 Å². The summed E-state index contributed by atoms with van der Waals surface area (Å²) < 4.78 is 0. The van der Waals surface area contributed by atoms with Crippen molar-refractivity contribution in [3.8, 4) is 0 Å². The van der Waals surface area contributed by atoms with Crippen molar-refractivity contribution in [1.29, 1.82) is 0 Å². The van der Waals surface area contributed by atoms with Crippen molar-refractivity contribution in [3.63, 3.8) is 0 Å². The van der Waals surface area contributed by atoms with Crippen LogP contribution in [-0.2, 0) is 0 Å². The Bertz CT molecular complexity index is 548. The molecule has 100 valence electrons. The predicted octanol–water partition coefficient (Wildman–Crippen LogP) is 2.64. The Morgan fingerprint density at radius 2 is 1.79 bits per heavy atom. The maximum atomic E-state index is 4.40. The normalized spacial score (nSPS) is 10.1. The molecule has 0 atom stereocenters. The molecule has 0 spiro atoms. The number of nitrogens with zero attached hydrogens (tertiary/aromatic N) is 3. The highest BCUT2D eigenvalue weighted by Crippen LogP contribution is 2.21. The number of aryl methyl sites for hydroxylation is 1. The minimum Gasteiger partial charge on any atom is -0.378 e. The molecule has 19 heavy (non-hydrogen) atoms. The molecule has 2 N–H and O–H groups in total. The van der Waals surface area contributed by atoms with Crippen molar-refractivity contribution in [2.45, 2.75) is 6.92 Å². The molecule has 0 aliphatic carbocycles. The average molecular weight is 257 g/mol. The lowest BCUT2D eigenvalue weighted by atomic mass is 10.2. The van der Waals surface area contributed by atoms with Crippen molar-refractivity contribution < 1.29 is 0 Å². The van der Waals surface area contributed by atoms with Crippen LogP contribution >= 0.6 is 0 Å². The molecule has 0 saturated carbocycles. The van der Waals surface area contributed by atoms with Gasteiger partial charge in [0.05, 0.1) is 0 Å². The van der Waals surface area contributed by atoms with Gasteiger partial charge in [0, 0.05) is 44.3 Å². The maximum Gasteiger partial charge on any atom is 0.224 e. The SMILES string of the molecule is CNc1ncc(C)c(Nc2ccc(N(C)C)cc2)n1. The van der Waals surface area contributed by atoms with E-state index in [1.54, 1.807) is 13.2 Å². The fourth-order valence-electron chi connectivity index (χ4n) is 1.67. The topological polar surface area (TPSA) is 53.1 Å². The van der Waals surface area contributed by atoms with E-state index in [1.807, 2.05) is 33.2 Å². The second-order valence-electron chi connectivity index (χ2n) is 4.54. The molecule has 2 rings (SSSR count). The zero-order valence-corrected chi connectivity index (χ0v) is 11.7. The molecule has 0 amide bonds. The van der Waals surface area contributed by atoms with E-state index in [9.17, 15) is 0 Å². The summed E-state index contributed by atoms with van der Waals surface area (Å²) in [6, 6.07) is 8.21. The van der Waals surface area contributed by atoms with Crippen LogP contribution in [0.2, 0.25) is 0 Å². The van der Waals surface area contributed by atoms with Crippen LogP contribution in [0.15, 0.2) is 30.5 Å². The number of benzene rings is 1. The van der Waals surface area contributed by atoms with E-state index < -0.39 is 0 Å². The Labute approximate surface area is 113 Å². The van der Waals surface area contributed by atoms with Gasteiger partial charge in [-0.3, -0.25) is 0 Å². The van der Waals surface area contributed by atoms with Gasteiger partial charge in [-0.25, -0.2) is 4.98 Å². The van der Waals surface area contributed by atoms with Crippen LogP contribution in [0.3, 0.4) is 0 Å². The highest BCUT2D eigenvalue weighted by Gasteiger charge is 2.03. The van der Waals surface area contributed by atoms with E-state index in [4.69, 9.17) is 0 Å². The molecule has 0 unspecified atom stereocenters. The molecule has 1 heterocycles. The van der Waals surface area contributed by atoms with Gasteiger partial charge in [-0.2, -0.15) is 4.98 Å². The van der Waals surface area contributed by atoms with Crippen LogP contribution < -0.4 is 15.5 Å². The molecule has 0 aliphatic rings. The zero-order chi connectivity index (χ0) is 13.8. The Morgan fingerprint density at radius 1 is 1.11 bits per heavy atom. The highest BCUT2D eigenvalue weighted by molar-refractivity contribution is 5.62. The summed E-state index contributed by atoms with van der Waals surface area (Å²) in [5.74, 6) is 1.43. The first-order valence-electron chi connectivity index (χ1n) is 6.16. The fourth-order valence-corrected chi connectivity index (χ4v) is 1.67. The van der Waals surface area contributed by atoms with Gasteiger partial charge in [0.25, 0.3) is 0 Å². The van der Waals surface area contributed by atoms with Gasteiger partial charge in [0.15, 0.2) is 0 Å². The highest BCUT2D eigenvalue weighted by atomic mass is 15.1. The molecular formula is C14H19N5. The van der Waals surface area contributed by atoms with Gasteiger partial charge >= 0.3 is 0 Å². The number of nitrogens with one attached hydrogen (secondary N) is 2. The molecule has 2 aromatic rings. The lowest BCUT2D eigenvalue weighted by Crippen LogP contribution is -2.08. The van der Waals surface area contributed by atoms with Gasteiger partial charge in [0.2, 0.25) is 5.95 Å². The third-order valence-electron chi connectivity index (χ3n) is 2.84. The van der Waals surface area contributed by atoms with Crippen molar-refractivity contribution in [2.24, 2.45) is 0 Å². The summed E-state index contributed by atoms with van der Waals surface area (Å²) in [5.41, 5.74) is 3.19. The van der Waals surface area contributed by atoms with Crippen molar-refractivity contribution in [1.82, 2.24) is 9.97 Å². The number of aromatic nitrogens is 2. The second kappa shape index (κ2) is 5.56. The van der Waals surface area contributed by atoms with Gasteiger partial charge in [-0.15, -0.1) is 0 Å². The monoisotopic (exact) mass is 257 g/mol. The molecule has 1 aromatic heterocycles. The van der Waals surface area contributed by atoms with Crippen LogP contribution in [0.25, 0.3) is 0 Å². The summed E-state index contributed by atoms with van der Waals surface area (Å²) >= 11 is 0. The molecule has 5 nitrogen and oxygen atoms in total. The fraction of sp³-hybridized carbons (Fsp3) is 0.286. The first-order valence-corrected chi connectivity index (χ1v) is 6.16. The Hall–Kier alpha value is -2.30. The quantitative estimate of drug-likeness (QED) is 0.882. The van der Waals surface area contributed by atoms with Gasteiger partial charge in [-0.1, -0.05) is 0 Å². The first-order chi connectivity index (χ1) is 9.10. The second-order valence-corrected chi connectivity index (χ2v) is 4.54. The van der Waals surface area contributed by atoms with Crippen LogP contribution in [0.5, 0.6) is 0 Å². The minimum absolute atomic E-state index is 0.609. The third-order valence-corrected chi connectivity index (χ3v) is 2.84. The number of hydrogen-bond acceptors (Lipinski definition) is 5. The number of anilines is 4. The first kappa shape index (κ1) is 13.1. The summed E-state index contributed by atoms with van der Waals surface area (Å²) in [7, 11) is 5.85. The van der Waals surface area contributed by atoms with Crippen molar-refractivity contribution in [3.05, 3.63) is 36.0 Å². The minimum atomic E-state index is 0.609. The van der Waals surface area contributed by atoms with Crippen LogP contribution in [-0.4, -0.2) is 31.1 Å². The van der Waals surface area contributed by atoms with Crippen LogP contribution in [0.1, 0.15) is 5.56 Å². The maximum absolute atomic E-state index is 4.40. The van der Waals surface area contributed by atoms with Gasteiger partial charge in [-0.05, 0) is 31.2 Å². The van der Waals surface area contributed by atoms with Crippen LogP contribution in [0.4, 0.5) is 23.1 Å². The summed E-state index contributed by atoms with van der Waals surface area (Å²) in [5, 5.41) is 6.24. The molecule has 0 radical (unpaired) electrons. The molecule has 0 bridgehead atoms. The van der Waals surface area contributed by atoms with E-state index in [0.29, 0.717) is 5.95 Å².